The Morgan fingerprint density at radius 1 is 1.15 bits per heavy atom. The van der Waals surface area contributed by atoms with Crippen molar-refractivity contribution in [1.29, 1.82) is 0 Å². The third-order valence-electron chi connectivity index (χ3n) is 5.07. The Balaban J connectivity index is 1.69. The molecule has 1 atom stereocenters. The number of rotatable bonds is 8. The maximum atomic E-state index is 12.9. The number of aromatic nitrogens is 3. The summed E-state index contributed by atoms with van der Waals surface area (Å²) in [7, 11) is 1.81. The molecule has 0 bridgehead atoms. The molecule has 3 rings (SSSR count). The van der Waals surface area contributed by atoms with Gasteiger partial charge in [-0.2, -0.15) is 0 Å². The van der Waals surface area contributed by atoms with E-state index >= 15 is 0 Å². The van der Waals surface area contributed by atoms with Gasteiger partial charge in [0, 0.05) is 22.2 Å². The first-order valence-electron chi connectivity index (χ1n) is 10.4. The highest BCUT2D eigenvalue weighted by molar-refractivity contribution is 9.10. The molecule has 0 aliphatic rings. The normalized spacial score (nSPS) is 12.0. The van der Waals surface area contributed by atoms with Crippen LogP contribution < -0.4 is 10.6 Å². The lowest BCUT2D eigenvalue weighted by molar-refractivity contribution is -0.113. The van der Waals surface area contributed by atoms with Gasteiger partial charge in [-0.1, -0.05) is 64.7 Å². The van der Waals surface area contributed by atoms with Crippen LogP contribution in [0.2, 0.25) is 10.0 Å². The summed E-state index contributed by atoms with van der Waals surface area (Å²) < 4.78 is 2.74. The number of amides is 2. The second-order valence-corrected chi connectivity index (χ2v) is 10.7. The van der Waals surface area contributed by atoms with E-state index in [0.29, 0.717) is 21.6 Å². The molecule has 11 heteroatoms. The van der Waals surface area contributed by atoms with Gasteiger partial charge in [0.2, 0.25) is 5.91 Å². The van der Waals surface area contributed by atoms with Gasteiger partial charge in [0.1, 0.15) is 0 Å². The van der Waals surface area contributed by atoms with Crippen molar-refractivity contribution >= 4 is 68.4 Å². The molecule has 2 amide bonds. The standard InChI is InChI=1S/C23H24BrCl2N5O2S/c1-12(2)20(28-22(33)16-7-6-15(25)10-17(16)26)21-29-30-23(31(21)4)34-11-19(32)27-18-8-5-14(24)9-13(18)3/h5-10,12,20H,11H2,1-4H3,(H,27,32)(H,28,33)/t20-/m1/s1. The molecule has 0 fully saturated rings. The summed E-state index contributed by atoms with van der Waals surface area (Å²) >= 11 is 16.8. The van der Waals surface area contributed by atoms with Gasteiger partial charge < -0.3 is 15.2 Å². The molecule has 2 N–H and O–H groups in total. The zero-order valence-electron chi connectivity index (χ0n) is 19.0. The highest BCUT2D eigenvalue weighted by atomic mass is 79.9. The Bertz CT molecular complexity index is 1220. The lowest BCUT2D eigenvalue weighted by atomic mass is 10.0. The number of nitrogens with zero attached hydrogens (tertiary/aromatic N) is 3. The van der Waals surface area contributed by atoms with E-state index < -0.39 is 6.04 Å². The first-order valence-corrected chi connectivity index (χ1v) is 12.9. The maximum absolute atomic E-state index is 12.9. The van der Waals surface area contributed by atoms with Gasteiger partial charge in [-0.15, -0.1) is 10.2 Å². The Morgan fingerprint density at radius 2 is 1.88 bits per heavy atom. The third kappa shape index (κ3) is 6.53. The summed E-state index contributed by atoms with van der Waals surface area (Å²) in [5.74, 6) is 0.299. The van der Waals surface area contributed by atoms with Crippen molar-refractivity contribution in [3.63, 3.8) is 0 Å². The molecule has 0 saturated carbocycles. The van der Waals surface area contributed by atoms with E-state index in [1.807, 2.05) is 46.0 Å². The fourth-order valence-electron chi connectivity index (χ4n) is 3.23. The van der Waals surface area contributed by atoms with Gasteiger partial charge in [-0.3, -0.25) is 9.59 Å². The minimum absolute atomic E-state index is 0.0273. The lowest BCUT2D eigenvalue weighted by Gasteiger charge is -2.22. The third-order valence-corrected chi connectivity index (χ3v) is 7.13. The van der Waals surface area contributed by atoms with Crippen LogP contribution in [0.1, 0.15) is 41.6 Å². The number of thioether (sulfide) groups is 1. The Labute approximate surface area is 221 Å². The van der Waals surface area contributed by atoms with E-state index in [1.54, 1.807) is 16.7 Å². The van der Waals surface area contributed by atoms with Crippen LogP contribution in [-0.2, 0) is 11.8 Å². The van der Waals surface area contributed by atoms with Crippen molar-refractivity contribution < 1.29 is 9.59 Å². The van der Waals surface area contributed by atoms with Gasteiger partial charge >= 0.3 is 0 Å². The number of aryl methyl sites for hydroxylation is 1. The number of hydrogen-bond acceptors (Lipinski definition) is 5. The molecule has 0 spiro atoms. The van der Waals surface area contributed by atoms with Crippen molar-refractivity contribution in [1.82, 2.24) is 20.1 Å². The van der Waals surface area contributed by atoms with Crippen LogP contribution in [0.15, 0.2) is 46.0 Å². The summed E-state index contributed by atoms with van der Waals surface area (Å²) in [5, 5.41) is 15.7. The summed E-state index contributed by atoms with van der Waals surface area (Å²) in [6.07, 6.45) is 0. The van der Waals surface area contributed by atoms with E-state index in [4.69, 9.17) is 23.2 Å². The van der Waals surface area contributed by atoms with Crippen LogP contribution in [0, 0.1) is 12.8 Å². The van der Waals surface area contributed by atoms with Gasteiger partial charge in [0.15, 0.2) is 11.0 Å². The number of halogens is 3. The first kappa shape index (κ1) is 26.5. The number of nitrogens with one attached hydrogen (secondary N) is 2. The fourth-order valence-corrected chi connectivity index (χ4v) is 4.92. The highest BCUT2D eigenvalue weighted by Gasteiger charge is 2.26. The zero-order valence-corrected chi connectivity index (χ0v) is 22.9. The highest BCUT2D eigenvalue weighted by Crippen LogP contribution is 2.27. The van der Waals surface area contributed by atoms with Crippen LogP contribution >= 0.6 is 50.9 Å². The van der Waals surface area contributed by atoms with E-state index in [0.717, 1.165) is 15.7 Å². The summed E-state index contributed by atoms with van der Waals surface area (Å²) in [5.41, 5.74) is 2.05. The minimum Gasteiger partial charge on any atom is -0.342 e. The summed E-state index contributed by atoms with van der Waals surface area (Å²) in [6.45, 7) is 5.88. The van der Waals surface area contributed by atoms with Crippen molar-refractivity contribution in [2.75, 3.05) is 11.1 Å². The number of anilines is 1. The predicted octanol–water partition coefficient (Wildman–Crippen LogP) is 6.05. The maximum Gasteiger partial charge on any atom is 0.253 e. The molecule has 180 valence electrons. The van der Waals surface area contributed by atoms with E-state index in [-0.39, 0.29) is 28.5 Å². The van der Waals surface area contributed by atoms with Crippen LogP contribution in [0.5, 0.6) is 0 Å². The monoisotopic (exact) mass is 583 g/mol. The topological polar surface area (TPSA) is 88.9 Å². The van der Waals surface area contributed by atoms with Crippen LogP contribution in [-0.4, -0.2) is 32.3 Å². The quantitative estimate of drug-likeness (QED) is 0.315. The fraction of sp³-hybridized carbons (Fsp3) is 0.304. The molecule has 0 aliphatic heterocycles. The second-order valence-electron chi connectivity index (χ2n) is 8.02. The average molecular weight is 585 g/mol. The Hall–Kier alpha value is -2.07. The Morgan fingerprint density at radius 3 is 2.53 bits per heavy atom. The minimum atomic E-state index is -0.412. The molecule has 7 nitrogen and oxygen atoms in total. The van der Waals surface area contributed by atoms with Crippen LogP contribution in [0.3, 0.4) is 0 Å². The van der Waals surface area contributed by atoms with E-state index in [2.05, 4.69) is 36.8 Å². The Kier molecular flexibility index (Phi) is 9.03. The van der Waals surface area contributed by atoms with Crippen molar-refractivity contribution in [3.05, 3.63) is 67.9 Å². The van der Waals surface area contributed by atoms with Gasteiger partial charge in [-0.25, -0.2) is 0 Å². The number of benzene rings is 2. The number of carbonyl (C=O) groups is 2. The molecule has 3 aromatic rings. The molecule has 0 saturated heterocycles. The molecule has 2 aromatic carbocycles. The number of hydrogen-bond donors (Lipinski definition) is 2. The van der Waals surface area contributed by atoms with Gasteiger partial charge in [-0.05, 0) is 54.8 Å². The van der Waals surface area contributed by atoms with E-state index in [9.17, 15) is 9.59 Å². The molecular formula is C23H24BrCl2N5O2S. The first-order chi connectivity index (χ1) is 16.1. The molecule has 0 unspecified atom stereocenters. The largest absolute Gasteiger partial charge is 0.342 e. The number of carbonyl (C=O) groups excluding carboxylic acids is 2. The smallest absolute Gasteiger partial charge is 0.253 e. The molecule has 0 radical (unpaired) electrons. The SMILES string of the molecule is Cc1cc(Br)ccc1NC(=O)CSc1nnc([C@H](NC(=O)c2ccc(Cl)cc2Cl)C(C)C)n1C. The van der Waals surface area contributed by atoms with Gasteiger partial charge in [0.25, 0.3) is 5.91 Å². The van der Waals surface area contributed by atoms with Crippen molar-refractivity contribution in [2.24, 2.45) is 13.0 Å². The van der Waals surface area contributed by atoms with E-state index in [1.165, 1.54) is 17.8 Å². The second kappa shape index (κ2) is 11.6. The average Bonchev–Trinajstić information content (AvgIpc) is 3.12. The molecular weight excluding hydrogens is 561 g/mol. The van der Waals surface area contributed by atoms with Crippen LogP contribution in [0.4, 0.5) is 5.69 Å². The molecule has 0 aliphatic carbocycles. The predicted molar refractivity (Wildman–Crippen MR) is 141 cm³/mol. The van der Waals surface area contributed by atoms with Crippen molar-refractivity contribution in [2.45, 2.75) is 32.0 Å². The lowest BCUT2D eigenvalue weighted by Crippen LogP contribution is -2.33. The molecule has 1 heterocycles. The van der Waals surface area contributed by atoms with Crippen molar-refractivity contribution in [3.8, 4) is 0 Å². The molecule has 1 aromatic heterocycles. The van der Waals surface area contributed by atoms with Crippen LogP contribution in [0.25, 0.3) is 0 Å². The summed E-state index contributed by atoms with van der Waals surface area (Å²) in [4.78, 5) is 25.3. The summed E-state index contributed by atoms with van der Waals surface area (Å²) in [6, 6.07) is 9.99. The molecule has 34 heavy (non-hydrogen) atoms. The van der Waals surface area contributed by atoms with Gasteiger partial charge in [0.05, 0.1) is 22.4 Å². The zero-order chi connectivity index (χ0) is 25.0.